The second-order valence-corrected chi connectivity index (χ2v) is 3.36. The van der Waals surface area contributed by atoms with Crippen LogP contribution in [0.1, 0.15) is 17.3 Å². The Morgan fingerprint density at radius 1 is 1.43 bits per heavy atom. The second kappa shape index (κ2) is 4.76. The molecule has 0 unspecified atom stereocenters. The van der Waals surface area contributed by atoms with Crippen molar-refractivity contribution < 1.29 is 14.3 Å². The highest BCUT2D eigenvalue weighted by Crippen LogP contribution is 2.27. The molecule has 0 bridgehead atoms. The van der Waals surface area contributed by atoms with E-state index in [1.54, 1.807) is 18.4 Å². The molecule has 14 heavy (non-hydrogen) atoms. The van der Waals surface area contributed by atoms with Gasteiger partial charge in [0.2, 0.25) is 0 Å². The van der Waals surface area contributed by atoms with Gasteiger partial charge in [-0.1, -0.05) is 0 Å². The molecule has 1 aromatic rings. The van der Waals surface area contributed by atoms with Crippen molar-refractivity contribution >= 4 is 28.2 Å². The summed E-state index contributed by atoms with van der Waals surface area (Å²) < 4.78 is 9.50. The molecule has 0 atom stereocenters. The number of thiophene rings is 1. The van der Waals surface area contributed by atoms with E-state index < -0.39 is 0 Å². The maximum atomic E-state index is 11.2. The van der Waals surface area contributed by atoms with E-state index >= 15 is 0 Å². The summed E-state index contributed by atoms with van der Waals surface area (Å²) >= 11 is 1.37. The first kappa shape index (κ1) is 10.7. The lowest BCUT2D eigenvalue weighted by atomic mass is 10.3. The molecule has 0 saturated heterocycles. The maximum Gasteiger partial charge on any atom is 0.340 e. The normalized spacial score (nSPS) is 11.2. The molecule has 1 heterocycles. The van der Waals surface area contributed by atoms with Crippen LogP contribution in [-0.2, 0) is 9.47 Å². The van der Waals surface area contributed by atoms with Crippen LogP contribution >= 0.6 is 11.3 Å². The topological polar surface area (TPSA) is 47.9 Å². The highest BCUT2D eigenvalue weighted by Gasteiger charge is 2.12. The molecule has 0 saturated carbocycles. The molecule has 0 aromatic carbocycles. The molecular weight excluding hydrogens is 202 g/mol. The molecule has 0 radical (unpaired) electrons. The van der Waals surface area contributed by atoms with Crippen LogP contribution in [0.15, 0.2) is 16.4 Å². The Balaban J connectivity index is 2.99. The van der Waals surface area contributed by atoms with Gasteiger partial charge in [-0.3, -0.25) is 0 Å². The lowest BCUT2D eigenvalue weighted by Crippen LogP contribution is -2.00. The van der Waals surface area contributed by atoms with Gasteiger partial charge < -0.3 is 9.47 Å². The Morgan fingerprint density at radius 2 is 2.14 bits per heavy atom. The number of rotatable bonds is 2. The Labute approximate surface area is 86.2 Å². The van der Waals surface area contributed by atoms with Crippen LogP contribution in [0.25, 0.3) is 0 Å². The Kier molecular flexibility index (Phi) is 3.64. The highest BCUT2D eigenvalue weighted by molar-refractivity contribution is 7.14. The molecule has 4 nitrogen and oxygen atoms in total. The standard InChI is InChI=1S/C9H11NO3S/c1-6(12-2)10-8-7(4-5-14-8)9(11)13-3/h4-5H,1-3H3/b10-6+. The van der Waals surface area contributed by atoms with Crippen LogP contribution in [0, 0.1) is 0 Å². The molecule has 76 valence electrons. The smallest absolute Gasteiger partial charge is 0.340 e. The van der Waals surface area contributed by atoms with Crippen LogP contribution in [0.5, 0.6) is 0 Å². The summed E-state index contributed by atoms with van der Waals surface area (Å²) in [6, 6.07) is 1.68. The molecule has 0 aliphatic rings. The molecule has 0 spiro atoms. The largest absolute Gasteiger partial charge is 0.484 e. The first-order chi connectivity index (χ1) is 6.69. The van der Waals surface area contributed by atoms with Gasteiger partial charge >= 0.3 is 5.97 Å². The van der Waals surface area contributed by atoms with E-state index in [1.165, 1.54) is 25.6 Å². The SMILES string of the molecule is COC(=O)c1ccsc1/N=C(\C)OC. The first-order valence-electron chi connectivity index (χ1n) is 3.94. The third-order valence-corrected chi connectivity index (χ3v) is 2.41. The van der Waals surface area contributed by atoms with E-state index in [2.05, 4.69) is 9.73 Å². The molecule has 0 N–H and O–H groups in total. The fraction of sp³-hybridized carbons (Fsp3) is 0.333. The third-order valence-electron chi connectivity index (χ3n) is 1.60. The minimum absolute atomic E-state index is 0.381. The van der Waals surface area contributed by atoms with Crippen molar-refractivity contribution in [3.63, 3.8) is 0 Å². The monoisotopic (exact) mass is 213 g/mol. The van der Waals surface area contributed by atoms with Gasteiger partial charge in [-0.15, -0.1) is 11.3 Å². The number of esters is 1. The molecule has 0 amide bonds. The average Bonchev–Trinajstić information content (AvgIpc) is 2.64. The summed E-state index contributed by atoms with van der Waals surface area (Å²) in [5, 5.41) is 2.39. The number of hydrogen-bond acceptors (Lipinski definition) is 5. The zero-order valence-electron chi connectivity index (χ0n) is 8.23. The summed E-state index contributed by atoms with van der Waals surface area (Å²) in [5.74, 6) is 0.131. The van der Waals surface area contributed by atoms with Gasteiger partial charge in [0.25, 0.3) is 0 Å². The van der Waals surface area contributed by atoms with E-state index in [-0.39, 0.29) is 5.97 Å². The summed E-state index contributed by atoms with van der Waals surface area (Å²) in [5.41, 5.74) is 0.467. The molecule has 0 aliphatic carbocycles. The Bertz CT molecular complexity index is 357. The number of ether oxygens (including phenoxy) is 2. The van der Waals surface area contributed by atoms with Crippen LogP contribution in [0.3, 0.4) is 0 Å². The third kappa shape index (κ3) is 2.32. The molecular formula is C9H11NO3S. The summed E-state index contributed by atoms with van der Waals surface area (Å²) in [6.45, 7) is 1.72. The van der Waals surface area contributed by atoms with Gasteiger partial charge in [-0.2, -0.15) is 0 Å². The lowest BCUT2D eigenvalue weighted by molar-refractivity contribution is 0.0602. The van der Waals surface area contributed by atoms with Gasteiger partial charge in [0.15, 0.2) is 5.90 Å². The van der Waals surface area contributed by atoms with Crippen molar-refractivity contribution in [3.8, 4) is 0 Å². The number of methoxy groups -OCH3 is 2. The number of carbonyl (C=O) groups is 1. The van der Waals surface area contributed by atoms with Crippen molar-refractivity contribution in [1.82, 2.24) is 0 Å². The summed E-state index contributed by atoms with van der Waals surface area (Å²) in [4.78, 5) is 15.4. The number of hydrogen-bond donors (Lipinski definition) is 0. The summed E-state index contributed by atoms with van der Waals surface area (Å²) in [6.07, 6.45) is 0. The number of aliphatic imine (C=N–C) groups is 1. The zero-order chi connectivity index (χ0) is 10.6. The van der Waals surface area contributed by atoms with Crippen molar-refractivity contribution in [2.24, 2.45) is 4.99 Å². The molecule has 0 fully saturated rings. The van der Waals surface area contributed by atoms with Crippen LogP contribution in [-0.4, -0.2) is 26.1 Å². The van der Waals surface area contributed by atoms with E-state index in [9.17, 15) is 4.79 Å². The predicted octanol–water partition coefficient (Wildman–Crippen LogP) is 2.23. The van der Waals surface area contributed by atoms with Crippen LogP contribution in [0.2, 0.25) is 0 Å². The van der Waals surface area contributed by atoms with Crippen molar-refractivity contribution in [3.05, 3.63) is 17.0 Å². The van der Waals surface area contributed by atoms with Gasteiger partial charge in [-0.05, 0) is 11.4 Å². The van der Waals surface area contributed by atoms with Crippen molar-refractivity contribution in [2.45, 2.75) is 6.92 Å². The second-order valence-electron chi connectivity index (χ2n) is 2.47. The number of nitrogens with zero attached hydrogens (tertiary/aromatic N) is 1. The zero-order valence-corrected chi connectivity index (χ0v) is 9.05. The van der Waals surface area contributed by atoms with E-state index in [4.69, 9.17) is 4.74 Å². The molecule has 0 aliphatic heterocycles. The van der Waals surface area contributed by atoms with Crippen LogP contribution < -0.4 is 0 Å². The van der Waals surface area contributed by atoms with Crippen molar-refractivity contribution in [2.75, 3.05) is 14.2 Å². The van der Waals surface area contributed by atoms with Gasteiger partial charge in [0, 0.05) is 6.92 Å². The highest BCUT2D eigenvalue weighted by atomic mass is 32.1. The Morgan fingerprint density at radius 3 is 2.71 bits per heavy atom. The number of carbonyl (C=O) groups excluding carboxylic acids is 1. The van der Waals surface area contributed by atoms with E-state index in [1.807, 2.05) is 0 Å². The minimum Gasteiger partial charge on any atom is -0.484 e. The average molecular weight is 213 g/mol. The van der Waals surface area contributed by atoms with Gasteiger partial charge in [-0.25, -0.2) is 9.79 Å². The first-order valence-corrected chi connectivity index (χ1v) is 4.82. The quantitative estimate of drug-likeness (QED) is 0.430. The fourth-order valence-corrected chi connectivity index (χ4v) is 1.63. The molecule has 5 heteroatoms. The van der Waals surface area contributed by atoms with Crippen LogP contribution in [0.4, 0.5) is 5.00 Å². The lowest BCUT2D eigenvalue weighted by Gasteiger charge is -1.99. The molecule has 1 rings (SSSR count). The van der Waals surface area contributed by atoms with E-state index in [0.717, 1.165) is 0 Å². The van der Waals surface area contributed by atoms with E-state index in [0.29, 0.717) is 16.5 Å². The maximum absolute atomic E-state index is 11.2. The minimum atomic E-state index is -0.381. The van der Waals surface area contributed by atoms with Gasteiger partial charge in [0.1, 0.15) is 5.00 Å². The summed E-state index contributed by atoms with van der Waals surface area (Å²) in [7, 11) is 2.88. The Hall–Kier alpha value is -1.36. The molecule has 1 aromatic heterocycles. The predicted molar refractivity (Wildman–Crippen MR) is 55.4 cm³/mol. The van der Waals surface area contributed by atoms with Gasteiger partial charge in [0.05, 0.1) is 19.8 Å². The fourth-order valence-electron chi connectivity index (χ4n) is 0.842. The van der Waals surface area contributed by atoms with Crippen molar-refractivity contribution in [1.29, 1.82) is 0 Å².